The molecule has 0 saturated carbocycles. The van der Waals surface area contributed by atoms with Gasteiger partial charge >= 0.3 is 5.97 Å². The number of carboxylic acid groups (broad SMARTS) is 1. The van der Waals surface area contributed by atoms with Crippen LogP contribution >= 0.6 is 0 Å². The van der Waals surface area contributed by atoms with E-state index in [-0.39, 0.29) is 16.5 Å². The van der Waals surface area contributed by atoms with Gasteiger partial charge in [-0.2, -0.15) is 0 Å². The molecule has 0 radical (unpaired) electrons. The molecule has 1 atom stereocenters. The largest absolute Gasteiger partial charge is 0.478 e. The summed E-state index contributed by atoms with van der Waals surface area (Å²) >= 11 is 0. The molecule has 20 heavy (non-hydrogen) atoms. The molecule has 0 heterocycles. The molecule has 0 aliphatic heterocycles. The SMILES string of the molecule is CCCC(CC)NS(=O)(=O)c1ccc(C)c(C(=O)O)c1. The Labute approximate surface area is 120 Å². The fourth-order valence-electron chi connectivity index (χ4n) is 1.98. The van der Waals surface area contributed by atoms with E-state index in [1.165, 1.54) is 18.2 Å². The molecule has 0 saturated heterocycles. The first-order valence-electron chi connectivity index (χ1n) is 6.68. The average Bonchev–Trinajstić information content (AvgIpc) is 2.37. The number of aryl methyl sites for hydroxylation is 1. The molecule has 5 nitrogen and oxygen atoms in total. The van der Waals surface area contributed by atoms with E-state index in [9.17, 15) is 13.2 Å². The lowest BCUT2D eigenvalue weighted by molar-refractivity contribution is 0.0696. The molecule has 0 aliphatic rings. The van der Waals surface area contributed by atoms with Crippen LogP contribution in [0.4, 0.5) is 0 Å². The molecule has 6 heteroatoms. The lowest BCUT2D eigenvalue weighted by atomic mass is 10.1. The Morgan fingerprint density at radius 3 is 2.50 bits per heavy atom. The predicted octanol–water partition coefficient (Wildman–Crippen LogP) is 2.55. The molecular formula is C14H21NO4S. The second kappa shape index (κ2) is 6.85. The molecule has 112 valence electrons. The van der Waals surface area contributed by atoms with Crippen molar-refractivity contribution in [1.29, 1.82) is 0 Å². The average molecular weight is 299 g/mol. The Balaban J connectivity index is 3.09. The standard InChI is InChI=1S/C14H21NO4S/c1-4-6-11(5-2)15-20(18,19)12-8-7-10(3)13(9-12)14(16)17/h7-9,11,15H,4-6H2,1-3H3,(H,16,17). The van der Waals surface area contributed by atoms with Gasteiger partial charge in [0.2, 0.25) is 10.0 Å². The van der Waals surface area contributed by atoms with Crippen LogP contribution in [0.25, 0.3) is 0 Å². The molecule has 0 aromatic heterocycles. The van der Waals surface area contributed by atoms with Crippen LogP contribution in [-0.2, 0) is 10.0 Å². The summed E-state index contributed by atoms with van der Waals surface area (Å²) in [7, 11) is -3.68. The first-order chi connectivity index (χ1) is 9.31. The van der Waals surface area contributed by atoms with Crippen LogP contribution in [0.3, 0.4) is 0 Å². The molecule has 0 spiro atoms. The summed E-state index contributed by atoms with van der Waals surface area (Å²) in [5.41, 5.74) is 0.550. The van der Waals surface area contributed by atoms with E-state index in [2.05, 4.69) is 4.72 Å². The van der Waals surface area contributed by atoms with Crippen molar-refractivity contribution in [2.75, 3.05) is 0 Å². The first kappa shape index (κ1) is 16.7. The van der Waals surface area contributed by atoms with Crippen molar-refractivity contribution in [3.05, 3.63) is 29.3 Å². The van der Waals surface area contributed by atoms with Gasteiger partial charge in [-0.3, -0.25) is 0 Å². The van der Waals surface area contributed by atoms with Crippen LogP contribution in [-0.4, -0.2) is 25.5 Å². The maximum Gasteiger partial charge on any atom is 0.335 e. The molecule has 0 aliphatic carbocycles. The van der Waals surface area contributed by atoms with Gasteiger partial charge in [0.25, 0.3) is 0 Å². The van der Waals surface area contributed by atoms with Crippen molar-refractivity contribution in [3.8, 4) is 0 Å². The van der Waals surface area contributed by atoms with Gasteiger partial charge in [-0.05, 0) is 37.5 Å². The van der Waals surface area contributed by atoms with E-state index < -0.39 is 16.0 Å². The van der Waals surface area contributed by atoms with Crippen molar-refractivity contribution in [2.24, 2.45) is 0 Å². The van der Waals surface area contributed by atoms with Gasteiger partial charge in [0.1, 0.15) is 0 Å². The molecule has 1 rings (SSSR count). The molecule has 1 aromatic carbocycles. The number of carbonyl (C=O) groups is 1. The number of sulfonamides is 1. The van der Waals surface area contributed by atoms with Crippen LogP contribution in [0.5, 0.6) is 0 Å². The van der Waals surface area contributed by atoms with Crippen LogP contribution < -0.4 is 4.72 Å². The summed E-state index contributed by atoms with van der Waals surface area (Å²) in [5, 5.41) is 9.05. The van der Waals surface area contributed by atoms with Gasteiger partial charge in [-0.1, -0.05) is 26.3 Å². The van der Waals surface area contributed by atoms with Gasteiger partial charge < -0.3 is 5.11 Å². The molecule has 1 aromatic rings. The third-order valence-corrected chi connectivity index (χ3v) is 4.72. The summed E-state index contributed by atoms with van der Waals surface area (Å²) < 4.78 is 27.1. The molecule has 0 bridgehead atoms. The maximum absolute atomic E-state index is 12.3. The van der Waals surface area contributed by atoms with Gasteiger partial charge in [0, 0.05) is 6.04 Å². The minimum Gasteiger partial charge on any atom is -0.478 e. The topological polar surface area (TPSA) is 83.5 Å². The molecule has 0 amide bonds. The number of hydrogen-bond donors (Lipinski definition) is 2. The summed E-state index contributed by atoms with van der Waals surface area (Å²) in [6, 6.07) is 4.03. The second-order valence-corrected chi connectivity index (χ2v) is 6.51. The Kier molecular flexibility index (Phi) is 5.71. The smallest absolute Gasteiger partial charge is 0.335 e. The number of aromatic carboxylic acids is 1. The van der Waals surface area contributed by atoms with Crippen LogP contribution in [0, 0.1) is 6.92 Å². The van der Waals surface area contributed by atoms with Crippen LogP contribution in [0.15, 0.2) is 23.1 Å². The highest BCUT2D eigenvalue weighted by molar-refractivity contribution is 7.89. The van der Waals surface area contributed by atoms with Crippen molar-refractivity contribution in [2.45, 2.75) is 51.0 Å². The highest BCUT2D eigenvalue weighted by atomic mass is 32.2. The fourth-order valence-corrected chi connectivity index (χ4v) is 3.36. The Hall–Kier alpha value is -1.40. The second-order valence-electron chi connectivity index (χ2n) is 4.80. The van der Waals surface area contributed by atoms with Gasteiger partial charge in [-0.15, -0.1) is 0 Å². The highest BCUT2D eigenvalue weighted by Gasteiger charge is 2.20. The highest BCUT2D eigenvalue weighted by Crippen LogP contribution is 2.17. The third kappa shape index (κ3) is 4.05. The summed E-state index contributed by atoms with van der Waals surface area (Å²) in [6.07, 6.45) is 2.34. The summed E-state index contributed by atoms with van der Waals surface area (Å²) in [6.45, 7) is 5.55. The maximum atomic E-state index is 12.3. The van der Waals surface area contributed by atoms with Gasteiger partial charge in [0.15, 0.2) is 0 Å². The zero-order valence-corrected chi connectivity index (χ0v) is 12.8. The number of nitrogens with one attached hydrogen (secondary N) is 1. The first-order valence-corrected chi connectivity index (χ1v) is 8.16. The Morgan fingerprint density at radius 2 is 2.00 bits per heavy atom. The van der Waals surface area contributed by atoms with Crippen molar-refractivity contribution >= 4 is 16.0 Å². The van der Waals surface area contributed by atoms with E-state index in [4.69, 9.17) is 5.11 Å². The van der Waals surface area contributed by atoms with Crippen molar-refractivity contribution < 1.29 is 18.3 Å². The Bertz CT molecular complexity index is 581. The van der Waals surface area contributed by atoms with Crippen LogP contribution in [0.2, 0.25) is 0 Å². The monoisotopic (exact) mass is 299 g/mol. The molecule has 0 fully saturated rings. The number of hydrogen-bond acceptors (Lipinski definition) is 3. The minimum absolute atomic E-state index is 0.00458. The quantitative estimate of drug-likeness (QED) is 0.810. The van der Waals surface area contributed by atoms with E-state index >= 15 is 0 Å². The number of carboxylic acids is 1. The zero-order valence-electron chi connectivity index (χ0n) is 12.0. The normalized spacial score (nSPS) is 13.2. The minimum atomic E-state index is -3.68. The Morgan fingerprint density at radius 1 is 1.35 bits per heavy atom. The van der Waals surface area contributed by atoms with E-state index in [1.54, 1.807) is 6.92 Å². The van der Waals surface area contributed by atoms with Crippen molar-refractivity contribution in [3.63, 3.8) is 0 Å². The number of benzene rings is 1. The molecule has 2 N–H and O–H groups in total. The molecule has 1 unspecified atom stereocenters. The van der Waals surface area contributed by atoms with E-state index in [0.29, 0.717) is 12.0 Å². The van der Waals surface area contributed by atoms with E-state index in [0.717, 1.165) is 12.8 Å². The van der Waals surface area contributed by atoms with Crippen LogP contribution in [0.1, 0.15) is 49.0 Å². The van der Waals surface area contributed by atoms with Crippen molar-refractivity contribution in [1.82, 2.24) is 4.72 Å². The molecular weight excluding hydrogens is 278 g/mol. The zero-order chi connectivity index (χ0) is 15.3. The lowest BCUT2D eigenvalue weighted by Gasteiger charge is -2.16. The summed E-state index contributed by atoms with van der Waals surface area (Å²) in [5.74, 6) is -1.12. The predicted molar refractivity (Wildman–Crippen MR) is 77.4 cm³/mol. The van der Waals surface area contributed by atoms with Gasteiger partial charge in [-0.25, -0.2) is 17.9 Å². The van der Waals surface area contributed by atoms with Gasteiger partial charge in [0.05, 0.1) is 10.5 Å². The fraction of sp³-hybridized carbons (Fsp3) is 0.500. The summed E-state index contributed by atoms with van der Waals surface area (Å²) in [4.78, 5) is 11.1. The lowest BCUT2D eigenvalue weighted by Crippen LogP contribution is -2.34. The van der Waals surface area contributed by atoms with E-state index in [1.807, 2.05) is 13.8 Å². The number of rotatable bonds is 7. The third-order valence-electron chi connectivity index (χ3n) is 3.20.